The fraction of sp³-hybridized carbons (Fsp3) is 0.357. The molecule has 1 atom stereocenters. The molecular weight excluding hydrogens is 287 g/mol. The molecule has 0 saturated heterocycles. The van der Waals surface area contributed by atoms with Crippen LogP contribution in [0.15, 0.2) is 30.2 Å². The molecule has 1 aromatic rings. The number of allylic oxidation sites excluding steroid dienone is 3. The summed E-state index contributed by atoms with van der Waals surface area (Å²) in [6.45, 7) is 4.20. The van der Waals surface area contributed by atoms with Gasteiger partial charge in [-0.1, -0.05) is 25.6 Å². The number of nitrogens with zero attached hydrogens (tertiary/aromatic N) is 1. The fourth-order valence-electron chi connectivity index (χ4n) is 1.82. The van der Waals surface area contributed by atoms with Crippen molar-refractivity contribution in [1.29, 1.82) is 0 Å². The first-order valence-corrected chi connectivity index (χ1v) is 5.51. The maximum atomic E-state index is 5.26. The van der Waals surface area contributed by atoms with Gasteiger partial charge in [-0.3, -0.25) is 0 Å². The van der Waals surface area contributed by atoms with E-state index in [1.165, 1.54) is 5.57 Å². The quantitative estimate of drug-likeness (QED) is 0.783. The zero-order chi connectivity index (χ0) is 11.5. The Morgan fingerprint density at radius 2 is 2.24 bits per heavy atom. The van der Waals surface area contributed by atoms with Crippen molar-refractivity contribution in [2.24, 2.45) is 5.92 Å². The van der Waals surface area contributed by atoms with Crippen molar-refractivity contribution in [2.45, 2.75) is 20.3 Å². The number of hydrogen-bond donors (Lipinski definition) is 0. The molecule has 1 radical (unpaired) electrons. The van der Waals surface area contributed by atoms with Crippen molar-refractivity contribution in [3.8, 4) is 0 Å². The van der Waals surface area contributed by atoms with E-state index in [0.717, 1.165) is 23.4 Å². The zero-order valence-electron chi connectivity index (χ0n) is 10.5. The van der Waals surface area contributed by atoms with Gasteiger partial charge >= 0.3 is 0 Å². The first kappa shape index (κ1) is 14.6. The summed E-state index contributed by atoms with van der Waals surface area (Å²) in [6, 6.07) is 5.14. The molecule has 1 aromatic heterocycles. The van der Waals surface area contributed by atoms with Crippen LogP contribution in [0.25, 0.3) is 5.57 Å². The predicted molar refractivity (Wildman–Crippen MR) is 64.7 cm³/mol. The molecule has 0 saturated carbocycles. The van der Waals surface area contributed by atoms with Crippen LogP contribution in [0.1, 0.15) is 24.6 Å². The largest absolute Gasteiger partial charge is 0.497 e. The average Bonchev–Trinajstić information content (AvgIpc) is 2.31. The monoisotopic (exact) mass is 303 g/mol. The summed E-state index contributed by atoms with van der Waals surface area (Å²) in [5.74, 6) is 1.41. The van der Waals surface area contributed by atoms with Gasteiger partial charge in [0, 0.05) is 32.7 Å². The Balaban J connectivity index is 0.00000144. The van der Waals surface area contributed by atoms with E-state index >= 15 is 0 Å². The maximum absolute atomic E-state index is 5.26. The molecule has 2 rings (SSSR count). The zero-order valence-corrected chi connectivity index (χ0v) is 13.4. The second kappa shape index (κ2) is 6.46. The van der Waals surface area contributed by atoms with E-state index in [1.807, 2.05) is 19.2 Å². The Labute approximate surface area is 128 Å². The van der Waals surface area contributed by atoms with Gasteiger partial charge in [-0.05, 0) is 30.2 Å². The minimum Gasteiger partial charge on any atom is -0.497 e. The van der Waals surface area contributed by atoms with Crippen LogP contribution in [-0.4, -0.2) is 12.1 Å². The van der Waals surface area contributed by atoms with E-state index in [2.05, 4.69) is 30.1 Å². The molecular formula is C14H16NOY-. The third kappa shape index (κ3) is 3.49. The van der Waals surface area contributed by atoms with Crippen molar-refractivity contribution >= 4 is 5.57 Å². The van der Waals surface area contributed by atoms with E-state index < -0.39 is 0 Å². The van der Waals surface area contributed by atoms with E-state index in [0.29, 0.717) is 5.92 Å². The normalized spacial score (nSPS) is 18.9. The number of aromatic nitrogens is 1. The van der Waals surface area contributed by atoms with E-state index in [4.69, 9.17) is 4.74 Å². The van der Waals surface area contributed by atoms with Crippen LogP contribution in [0.5, 0.6) is 0 Å². The molecule has 2 nitrogen and oxygen atoms in total. The van der Waals surface area contributed by atoms with Crippen LogP contribution < -0.4 is 0 Å². The molecule has 1 heterocycles. The summed E-state index contributed by atoms with van der Waals surface area (Å²) < 4.78 is 5.26. The molecule has 87 valence electrons. The molecule has 1 aliphatic rings. The van der Waals surface area contributed by atoms with Crippen LogP contribution in [0.2, 0.25) is 0 Å². The molecule has 0 aromatic carbocycles. The average molecular weight is 303 g/mol. The number of ether oxygens (including phenoxy) is 1. The van der Waals surface area contributed by atoms with E-state index in [-0.39, 0.29) is 32.7 Å². The third-order valence-corrected chi connectivity index (χ3v) is 2.87. The summed E-state index contributed by atoms with van der Waals surface area (Å²) in [5.41, 5.74) is 3.30. The van der Waals surface area contributed by atoms with Crippen molar-refractivity contribution in [2.75, 3.05) is 7.11 Å². The summed E-state index contributed by atoms with van der Waals surface area (Å²) >= 11 is 0. The standard InChI is InChI=1S/C14H16NO.Y/c1-10-4-7-14(15-9-10)13-8-12(16-3)6-5-11(13)2;/h6-9,11H,5H2,1-3H3;/q-1;. The number of methoxy groups -OCH3 is 1. The third-order valence-electron chi connectivity index (χ3n) is 2.87. The number of pyridine rings is 1. The van der Waals surface area contributed by atoms with Crippen LogP contribution >= 0.6 is 0 Å². The van der Waals surface area contributed by atoms with E-state index in [1.54, 1.807) is 7.11 Å². The van der Waals surface area contributed by atoms with Gasteiger partial charge in [0.05, 0.1) is 7.11 Å². The van der Waals surface area contributed by atoms with Crippen LogP contribution in [0.4, 0.5) is 0 Å². The SMILES string of the molecule is COC1=CCC(C)C(c2c[c-]c(C)cn2)=C1.[Y]. The molecule has 0 spiro atoms. The predicted octanol–water partition coefficient (Wildman–Crippen LogP) is 3.14. The summed E-state index contributed by atoms with van der Waals surface area (Å²) in [5, 5.41) is 0. The minimum atomic E-state index is 0. The molecule has 1 unspecified atom stereocenters. The minimum absolute atomic E-state index is 0. The Hall–Kier alpha value is -0.466. The first-order chi connectivity index (χ1) is 7.70. The molecule has 1 aliphatic carbocycles. The van der Waals surface area contributed by atoms with Gasteiger partial charge in [0.1, 0.15) is 5.76 Å². The summed E-state index contributed by atoms with van der Waals surface area (Å²) in [7, 11) is 1.70. The molecule has 0 aliphatic heterocycles. The molecule has 0 N–H and O–H groups in total. The van der Waals surface area contributed by atoms with Gasteiger partial charge in [0.2, 0.25) is 0 Å². The Morgan fingerprint density at radius 1 is 1.47 bits per heavy atom. The number of rotatable bonds is 2. The van der Waals surface area contributed by atoms with Crippen LogP contribution in [0, 0.1) is 18.9 Å². The number of aryl methyl sites for hydroxylation is 1. The Bertz CT molecular complexity index is 434. The van der Waals surface area contributed by atoms with E-state index in [9.17, 15) is 0 Å². The molecule has 0 fully saturated rings. The second-order valence-corrected chi connectivity index (χ2v) is 4.16. The molecule has 0 bridgehead atoms. The van der Waals surface area contributed by atoms with Gasteiger partial charge in [-0.25, -0.2) is 0 Å². The maximum Gasteiger partial charge on any atom is 0.114 e. The summed E-state index contributed by atoms with van der Waals surface area (Å²) in [4.78, 5) is 4.44. The van der Waals surface area contributed by atoms with Gasteiger partial charge < -0.3 is 9.72 Å². The number of hydrogen-bond acceptors (Lipinski definition) is 2. The van der Waals surface area contributed by atoms with Crippen LogP contribution in [-0.2, 0) is 37.4 Å². The Morgan fingerprint density at radius 3 is 2.82 bits per heavy atom. The van der Waals surface area contributed by atoms with Crippen molar-refractivity contribution < 1.29 is 37.4 Å². The van der Waals surface area contributed by atoms with Crippen LogP contribution in [0.3, 0.4) is 0 Å². The van der Waals surface area contributed by atoms with Gasteiger partial charge in [-0.2, -0.15) is 12.1 Å². The van der Waals surface area contributed by atoms with Crippen molar-refractivity contribution in [3.63, 3.8) is 0 Å². The topological polar surface area (TPSA) is 22.1 Å². The molecule has 17 heavy (non-hydrogen) atoms. The van der Waals surface area contributed by atoms with Crippen molar-refractivity contribution in [3.05, 3.63) is 47.5 Å². The van der Waals surface area contributed by atoms with Gasteiger partial charge in [0.15, 0.2) is 0 Å². The molecule has 3 heteroatoms. The molecule has 0 amide bonds. The second-order valence-electron chi connectivity index (χ2n) is 4.16. The first-order valence-electron chi connectivity index (χ1n) is 5.51. The smallest absolute Gasteiger partial charge is 0.114 e. The van der Waals surface area contributed by atoms with Gasteiger partial charge in [0.25, 0.3) is 0 Å². The van der Waals surface area contributed by atoms with Crippen molar-refractivity contribution in [1.82, 2.24) is 4.98 Å². The van der Waals surface area contributed by atoms with Gasteiger partial charge in [-0.15, -0.1) is 5.56 Å². The summed E-state index contributed by atoms with van der Waals surface area (Å²) in [6.07, 6.45) is 7.05. The Kier molecular flexibility index (Phi) is 5.55. The fourth-order valence-corrected chi connectivity index (χ4v) is 1.82.